The largest absolute Gasteiger partial charge is 0.459 e. The van der Waals surface area contributed by atoms with Crippen LogP contribution in [-0.2, 0) is 4.74 Å². The third kappa shape index (κ3) is 2.90. The van der Waals surface area contributed by atoms with Crippen LogP contribution in [0.4, 0.5) is 5.69 Å². The molecule has 21 heavy (non-hydrogen) atoms. The average Bonchev–Trinajstić information content (AvgIpc) is 2.95. The predicted octanol–water partition coefficient (Wildman–Crippen LogP) is 2.09. The highest BCUT2D eigenvalue weighted by atomic mass is 16.6. The number of rotatable bonds is 3. The van der Waals surface area contributed by atoms with Crippen molar-refractivity contribution in [3.63, 3.8) is 0 Å². The summed E-state index contributed by atoms with van der Waals surface area (Å²) in [4.78, 5) is 24.5. The number of ether oxygens (including phenoxy) is 1. The molecule has 0 amide bonds. The first-order valence-corrected chi connectivity index (χ1v) is 7.17. The lowest BCUT2D eigenvalue weighted by Crippen LogP contribution is -2.21. The Morgan fingerprint density at radius 2 is 1.81 bits per heavy atom. The van der Waals surface area contributed by atoms with Crippen molar-refractivity contribution in [2.24, 2.45) is 11.8 Å². The third-order valence-corrected chi connectivity index (χ3v) is 4.48. The normalized spacial score (nSPS) is 28.3. The molecule has 2 fully saturated rings. The summed E-state index contributed by atoms with van der Waals surface area (Å²) in [5.74, 6) is 0.873. The van der Waals surface area contributed by atoms with Gasteiger partial charge in [0.15, 0.2) is 0 Å². The number of benzene rings is 1. The summed E-state index contributed by atoms with van der Waals surface area (Å²) >= 11 is 0. The summed E-state index contributed by atoms with van der Waals surface area (Å²) in [7, 11) is 2.12. The molecule has 6 heteroatoms. The van der Waals surface area contributed by atoms with Gasteiger partial charge in [0.25, 0.3) is 5.69 Å². The van der Waals surface area contributed by atoms with Gasteiger partial charge in [0.1, 0.15) is 6.10 Å². The summed E-state index contributed by atoms with van der Waals surface area (Å²) in [5.41, 5.74) is 0.347. The first kappa shape index (κ1) is 14.0. The zero-order valence-electron chi connectivity index (χ0n) is 11.9. The minimum absolute atomic E-state index is 0.0172. The van der Waals surface area contributed by atoms with Gasteiger partial charge in [-0.1, -0.05) is 0 Å². The van der Waals surface area contributed by atoms with Gasteiger partial charge < -0.3 is 9.64 Å². The quantitative estimate of drug-likeness (QED) is 0.484. The van der Waals surface area contributed by atoms with Gasteiger partial charge in [-0.2, -0.15) is 0 Å². The topological polar surface area (TPSA) is 72.7 Å². The predicted molar refractivity (Wildman–Crippen MR) is 76.0 cm³/mol. The van der Waals surface area contributed by atoms with Crippen LogP contribution >= 0.6 is 0 Å². The van der Waals surface area contributed by atoms with Gasteiger partial charge in [-0.05, 0) is 43.9 Å². The van der Waals surface area contributed by atoms with E-state index in [2.05, 4.69) is 11.9 Å². The van der Waals surface area contributed by atoms with Crippen molar-refractivity contribution in [1.29, 1.82) is 0 Å². The molecular weight excluding hydrogens is 272 g/mol. The van der Waals surface area contributed by atoms with Crippen molar-refractivity contribution in [2.75, 3.05) is 20.1 Å². The molecule has 1 saturated carbocycles. The molecule has 0 bridgehead atoms. The summed E-state index contributed by atoms with van der Waals surface area (Å²) < 4.78 is 5.54. The van der Waals surface area contributed by atoms with Gasteiger partial charge in [-0.15, -0.1) is 0 Å². The van der Waals surface area contributed by atoms with Gasteiger partial charge >= 0.3 is 5.97 Å². The molecule has 1 aromatic carbocycles. The van der Waals surface area contributed by atoms with Crippen molar-refractivity contribution in [3.8, 4) is 0 Å². The van der Waals surface area contributed by atoms with Crippen molar-refractivity contribution in [3.05, 3.63) is 39.9 Å². The Kier molecular flexibility index (Phi) is 3.63. The Hall–Kier alpha value is -1.95. The Labute approximate surface area is 122 Å². The molecule has 2 unspecified atom stereocenters. The molecule has 0 radical (unpaired) electrons. The summed E-state index contributed by atoms with van der Waals surface area (Å²) in [5, 5.41) is 10.6. The molecule has 0 spiro atoms. The number of nitrogens with zero attached hydrogens (tertiary/aromatic N) is 2. The van der Waals surface area contributed by atoms with Crippen LogP contribution in [0.3, 0.4) is 0 Å². The van der Waals surface area contributed by atoms with Crippen LogP contribution in [0.25, 0.3) is 0 Å². The third-order valence-electron chi connectivity index (χ3n) is 4.48. The van der Waals surface area contributed by atoms with E-state index in [1.165, 1.54) is 24.3 Å². The summed E-state index contributed by atoms with van der Waals surface area (Å²) in [6.45, 7) is 2.16. The molecule has 6 nitrogen and oxygen atoms in total. The number of hydrogen-bond acceptors (Lipinski definition) is 5. The van der Waals surface area contributed by atoms with E-state index in [9.17, 15) is 14.9 Å². The molecule has 0 N–H and O–H groups in total. The highest BCUT2D eigenvalue weighted by Gasteiger charge is 2.41. The Morgan fingerprint density at radius 1 is 1.24 bits per heavy atom. The van der Waals surface area contributed by atoms with Crippen molar-refractivity contribution in [2.45, 2.75) is 18.9 Å². The van der Waals surface area contributed by atoms with Crippen LogP contribution in [0.15, 0.2) is 24.3 Å². The number of carbonyl (C=O) groups excluding carboxylic acids is 1. The van der Waals surface area contributed by atoms with Crippen molar-refractivity contribution < 1.29 is 14.5 Å². The summed E-state index contributed by atoms with van der Waals surface area (Å²) in [6.07, 6.45) is 1.83. The number of nitro groups is 1. The molecule has 1 heterocycles. The fraction of sp³-hybridized carbons (Fsp3) is 0.533. The second kappa shape index (κ2) is 5.44. The van der Waals surface area contributed by atoms with Crippen LogP contribution in [0.5, 0.6) is 0 Å². The average molecular weight is 290 g/mol. The number of likely N-dealkylation sites (tertiary alicyclic amines) is 1. The van der Waals surface area contributed by atoms with Crippen LogP contribution < -0.4 is 0 Å². The lowest BCUT2D eigenvalue weighted by Gasteiger charge is -2.15. The van der Waals surface area contributed by atoms with Gasteiger partial charge in [0.05, 0.1) is 10.5 Å². The highest BCUT2D eigenvalue weighted by molar-refractivity contribution is 5.89. The van der Waals surface area contributed by atoms with Gasteiger partial charge in [-0.25, -0.2) is 4.79 Å². The lowest BCUT2D eigenvalue weighted by atomic mass is 10.0. The van der Waals surface area contributed by atoms with E-state index >= 15 is 0 Å². The maximum absolute atomic E-state index is 12.1. The Bertz CT molecular complexity index is 543. The van der Waals surface area contributed by atoms with E-state index in [1.807, 2.05) is 0 Å². The maximum atomic E-state index is 12.1. The second-order valence-electron chi connectivity index (χ2n) is 6.04. The van der Waals surface area contributed by atoms with E-state index < -0.39 is 4.92 Å². The molecule has 1 saturated heterocycles. The highest BCUT2D eigenvalue weighted by Crippen LogP contribution is 2.39. The van der Waals surface area contributed by atoms with E-state index in [0.29, 0.717) is 17.4 Å². The number of hydrogen-bond donors (Lipinski definition) is 0. The number of carbonyl (C=O) groups is 1. The molecule has 1 aliphatic heterocycles. The standard InChI is InChI=1S/C15H18N2O4/c1-16-8-11-6-14(7-12(11)9-16)21-15(18)10-2-4-13(5-3-10)17(19)20/h2-5,11-12,14H,6-9H2,1H3. The van der Waals surface area contributed by atoms with Crippen LogP contribution in [-0.4, -0.2) is 42.0 Å². The number of fused-ring (bicyclic) bond motifs is 1. The molecule has 0 aromatic heterocycles. The zero-order chi connectivity index (χ0) is 15.0. The van der Waals surface area contributed by atoms with Gasteiger partial charge in [0, 0.05) is 25.2 Å². The van der Waals surface area contributed by atoms with Gasteiger partial charge in [-0.3, -0.25) is 10.1 Å². The summed E-state index contributed by atoms with van der Waals surface area (Å²) in [6, 6.07) is 5.55. The number of esters is 1. The van der Waals surface area contributed by atoms with E-state index in [0.717, 1.165) is 25.9 Å². The first-order valence-electron chi connectivity index (χ1n) is 7.17. The van der Waals surface area contributed by atoms with Crippen LogP contribution in [0, 0.1) is 22.0 Å². The Morgan fingerprint density at radius 3 is 2.33 bits per heavy atom. The first-order chi connectivity index (χ1) is 10.0. The van der Waals surface area contributed by atoms with Crippen molar-refractivity contribution >= 4 is 11.7 Å². The molecule has 112 valence electrons. The second-order valence-corrected chi connectivity index (χ2v) is 6.04. The molecule has 2 atom stereocenters. The smallest absolute Gasteiger partial charge is 0.338 e. The van der Waals surface area contributed by atoms with E-state index in [4.69, 9.17) is 4.74 Å². The fourth-order valence-electron chi connectivity index (χ4n) is 3.51. The maximum Gasteiger partial charge on any atom is 0.338 e. The zero-order valence-corrected chi connectivity index (χ0v) is 11.9. The monoisotopic (exact) mass is 290 g/mol. The minimum Gasteiger partial charge on any atom is -0.459 e. The number of non-ortho nitro benzene ring substituents is 1. The molecule has 1 aromatic rings. The lowest BCUT2D eigenvalue weighted by molar-refractivity contribution is -0.384. The SMILES string of the molecule is CN1CC2CC(OC(=O)c3ccc([N+](=O)[O-])cc3)CC2C1. The van der Waals surface area contributed by atoms with E-state index in [-0.39, 0.29) is 17.8 Å². The fourth-order valence-corrected chi connectivity index (χ4v) is 3.51. The number of nitro benzene ring substituents is 1. The van der Waals surface area contributed by atoms with Crippen LogP contribution in [0.1, 0.15) is 23.2 Å². The minimum atomic E-state index is -0.482. The molecular formula is C15H18N2O4. The van der Waals surface area contributed by atoms with Crippen LogP contribution in [0.2, 0.25) is 0 Å². The molecule has 1 aliphatic carbocycles. The molecule has 2 aliphatic rings. The van der Waals surface area contributed by atoms with Crippen molar-refractivity contribution in [1.82, 2.24) is 4.90 Å². The van der Waals surface area contributed by atoms with E-state index in [1.54, 1.807) is 0 Å². The molecule has 3 rings (SSSR count). The Balaban J connectivity index is 1.58. The van der Waals surface area contributed by atoms with Gasteiger partial charge in [0.2, 0.25) is 0 Å².